The predicted molar refractivity (Wildman–Crippen MR) is 104 cm³/mol. The van der Waals surface area contributed by atoms with Crippen LogP contribution in [-0.4, -0.2) is 49.6 Å². The van der Waals surface area contributed by atoms with Gasteiger partial charge in [-0.25, -0.2) is 4.39 Å². The third kappa shape index (κ3) is 2.90. The number of hydrogen-bond acceptors (Lipinski definition) is 3. The summed E-state index contributed by atoms with van der Waals surface area (Å²) in [5.41, 5.74) is 5.05. The second kappa shape index (κ2) is 6.64. The summed E-state index contributed by atoms with van der Waals surface area (Å²) in [5, 5.41) is 2.96. The Labute approximate surface area is 159 Å². The molecule has 3 heterocycles. The first kappa shape index (κ1) is 16.8. The van der Waals surface area contributed by atoms with Gasteiger partial charge in [-0.1, -0.05) is 18.2 Å². The van der Waals surface area contributed by atoms with Crippen molar-refractivity contribution in [3.8, 4) is 0 Å². The van der Waals surface area contributed by atoms with E-state index in [2.05, 4.69) is 33.3 Å². The molecule has 3 aliphatic rings. The molecule has 0 saturated carbocycles. The Morgan fingerprint density at radius 3 is 2.85 bits per heavy atom. The van der Waals surface area contributed by atoms with Gasteiger partial charge >= 0.3 is 0 Å². The van der Waals surface area contributed by atoms with E-state index in [0.29, 0.717) is 24.1 Å². The maximum Gasteiger partial charge on any atom is 0.251 e. The number of anilines is 1. The number of fused-ring (bicyclic) bond motifs is 3. The zero-order chi connectivity index (χ0) is 18.4. The number of para-hydroxylation sites is 1. The molecule has 1 fully saturated rings. The smallest absolute Gasteiger partial charge is 0.251 e. The number of amides is 1. The Morgan fingerprint density at radius 1 is 1.15 bits per heavy atom. The van der Waals surface area contributed by atoms with Crippen molar-refractivity contribution in [2.45, 2.75) is 24.8 Å². The Balaban J connectivity index is 1.19. The van der Waals surface area contributed by atoms with Gasteiger partial charge in [0.1, 0.15) is 5.82 Å². The summed E-state index contributed by atoms with van der Waals surface area (Å²) < 4.78 is 13.0. The third-order valence-electron chi connectivity index (χ3n) is 6.34. The normalized spacial score (nSPS) is 23.2. The van der Waals surface area contributed by atoms with Gasteiger partial charge in [-0.3, -0.25) is 4.79 Å². The summed E-state index contributed by atoms with van der Waals surface area (Å²) in [6.45, 7) is 4.77. The first-order valence-corrected chi connectivity index (χ1v) is 9.85. The molecule has 1 saturated heterocycles. The van der Waals surface area contributed by atoms with E-state index >= 15 is 0 Å². The zero-order valence-electron chi connectivity index (χ0n) is 15.3. The average molecular weight is 365 g/mol. The first-order valence-electron chi connectivity index (χ1n) is 9.85. The second-order valence-corrected chi connectivity index (χ2v) is 7.82. The van der Waals surface area contributed by atoms with E-state index < -0.39 is 0 Å². The summed E-state index contributed by atoms with van der Waals surface area (Å²) in [5.74, 6) is 0.125. The van der Waals surface area contributed by atoms with Crippen LogP contribution in [0.25, 0.3) is 0 Å². The summed E-state index contributed by atoms with van der Waals surface area (Å²) >= 11 is 0. The molecular formula is C22H24FN3O. The summed E-state index contributed by atoms with van der Waals surface area (Å²) in [6.07, 6.45) is 2.37. The monoisotopic (exact) mass is 365 g/mol. The van der Waals surface area contributed by atoms with Gasteiger partial charge in [-0.15, -0.1) is 0 Å². The van der Waals surface area contributed by atoms with Crippen LogP contribution in [-0.2, 0) is 6.42 Å². The molecule has 5 heteroatoms. The maximum atomic E-state index is 13.0. The summed E-state index contributed by atoms with van der Waals surface area (Å²) in [7, 11) is 0. The molecule has 2 aromatic carbocycles. The molecule has 2 atom stereocenters. The van der Waals surface area contributed by atoms with Crippen LogP contribution in [0, 0.1) is 5.82 Å². The van der Waals surface area contributed by atoms with E-state index in [0.717, 1.165) is 19.6 Å². The number of benzene rings is 2. The van der Waals surface area contributed by atoms with Crippen molar-refractivity contribution in [2.75, 3.05) is 37.6 Å². The van der Waals surface area contributed by atoms with Crippen LogP contribution in [0.15, 0.2) is 42.5 Å². The highest BCUT2D eigenvalue weighted by molar-refractivity contribution is 5.94. The van der Waals surface area contributed by atoms with E-state index in [1.54, 1.807) is 0 Å². The number of carbonyl (C=O) groups is 1. The highest BCUT2D eigenvalue weighted by atomic mass is 19.1. The van der Waals surface area contributed by atoms with Crippen molar-refractivity contribution in [1.82, 2.24) is 10.2 Å². The third-order valence-corrected chi connectivity index (χ3v) is 6.34. The zero-order valence-corrected chi connectivity index (χ0v) is 15.3. The molecule has 0 aromatic heterocycles. The van der Waals surface area contributed by atoms with E-state index in [1.807, 2.05) is 0 Å². The minimum Gasteiger partial charge on any atom is -0.367 e. The number of halogens is 1. The number of piperidine rings is 1. The Morgan fingerprint density at radius 2 is 2.00 bits per heavy atom. The molecule has 0 bridgehead atoms. The van der Waals surface area contributed by atoms with Gasteiger partial charge in [0.25, 0.3) is 5.91 Å². The molecule has 0 spiro atoms. The van der Waals surface area contributed by atoms with E-state index in [9.17, 15) is 9.18 Å². The van der Waals surface area contributed by atoms with Crippen LogP contribution < -0.4 is 10.2 Å². The number of hydrogen-bond donors (Lipinski definition) is 1. The predicted octanol–water partition coefficient (Wildman–Crippen LogP) is 2.79. The largest absolute Gasteiger partial charge is 0.367 e. The number of nitrogens with zero attached hydrogens (tertiary/aromatic N) is 2. The molecule has 27 heavy (non-hydrogen) atoms. The Kier molecular flexibility index (Phi) is 4.12. The van der Waals surface area contributed by atoms with Crippen LogP contribution >= 0.6 is 0 Å². The molecule has 1 N–H and O–H groups in total. The molecule has 4 nitrogen and oxygen atoms in total. The van der Waals surface area contributed by atoms with E-state index in [-0.39, 0.29) is 11.7 Å². The summed E-state index contributed by atoms with van der Waals surface area (Å²) in [6, 6.07) is 13.1. The van der Waals surface area contributed by atoms with Gasteiger partial charge in [0.2, 0.25) is 0 Å². The van der Waals surface area contributed by atoms with Crippen molar-refractivity contribution in [1.29, 1.82) is 0 Å². The van der Waals surface area contributed by atoms with Crippen molar-refractivity contribution >= 4 is 11.6 Å². The van der Waals surface area contributed by atoms with Gasteiger partial charge in [0.15, 0.2) is 0 Å². The van der Waals surface area contributed by atoms with E-state index in [4.69, 9.17) is 0 Å². The molecule has 0 aliphatic carbocycles. The molecule has 0 radical (unpaired) electrons. The highest BCUT2D eigenvalue weighted by Crippen LogP contribution is 2.48. The lowest BCUT2D eigenvalue weighted by Gasteiger charge is -2.38. The van der Waals surface area contributed by atoms with Gasteiger partial charge in [-0.2, -0.15) is 0 Å². The fraction of sp³-hybridized carbons (Fsp3) is 0.409. The quantitative estimate of drug-likeness (QED) is 0.905. The van der Waals surface area contributed by atoms with Crippen molar-refractivity contribution in [2.24, 2.45) is 0 Å². The maximum absolute atomic E-state index is 13.0. The lowest BCUT2D eigenvalue weighted by atomic mass is 9.88. The van der Waals surface area contributed by atoms with Gasteiger partial charge in [0.05, 0.1) is 0 Å². The Hall–Kier alpha value is -2.40. The van der Waals surface area contributed by atoms with Crippen LogP contribution in [0.2, 0.25) is 0 Å². The number of likely N-dealkylation sites (tertiary alicyclic amines) is 1. The van der Waals surface area contributed by atoms with Crippen molar-refractivity contribution in [3.05, 3.63) is 65.0 Å². The number of carbonyl (C=O) groups excluding carboxylic acids is 1. The highest BCUT2D eigenvalue weighted by Gasteiger charge is 2.44. The van der Waals surface area contributed by atoms with E-state index in [1.165, 1.54) is 60.5 Å². The van der Waals surface area contributed by atoms with Crippen LogP contribution in [0.5, 0.6) is 0 Å². The number of nitrogens with one attached hydrogen (secondary N) is 1. The minimum atomic E-state index is -0.323. The standard InChI is InChI=1S/C22H24FN3O/c23-17-6-4-16(5-7-17)22(27)24-10-13-25-11-9-20-19(14-25)18-3-1-2-15-8-12-26(20)21(15)18/h1-7,19-20H,8-14H2,(H,24,27)/t19-,20-/m1/s1. The molecule has 1 amide bonds. The SMILES string of the molecule is O=C(NCCN1CC[C@@H]2[C@H](C1)c1cccc3c1N2CC3)c1ccc(F)cc1. The lowest BCUT2D eigenvalue weighted by molar-refractivity contribution is 0.0944. The second-order valence-electron chi connectivity index (χ2n) is 7.82. The van der Waals surface area contributed by atoms with Gasteiger partial charge in [0, 0.05) is 55.9 Å². The van der Waals surface area contributed by atoms with Crippen LogP contribution in [0.1, 0.15) is 33.8 Å². The first-order chi connectivity index (χ1) is 13.2. The molecule has 3 aliphatic heterocycles. The molecule has 140 valence electrons. The number of rotatable bonds is 4. The topological polar surface area (TPSA) is 35.6 Å². The molecule has 5 rings (SSSR count). The summed E-state index contributed by atoms with van der Waals surface area (Å²) in [4.78, 5) is 17.3. The average Bonchev–Trinajstić information content (AvgIpc) is 3.25. The van der Waals surface area contributed by atoms with Crippen molar-refractivity contribution < 1.29 is 9.18 Å². The van der Waals surface area contributed by atoms with Crippen LogP contribution in [0.4, 0.5) is 10.1 Å². The van der Waals surface area contributed by atoms with Gasteiger partial charge in [-0.05, 0) is 48.2 Å². The van der Waals surface area contributed by atoms with Crippen molar-refractivity contribution in [3.63, 3.8) is 0 Å². The van der Waals surface area contributed by atoms with Gasteiger partial charge < -0.3 is 15.1 Å². The fourth-order valence-electron chi connectivity index (χ4n) is 5.07. The van der Waals surface area contributed by atoms with Crippen LogP contribution in [0.3, 0.4) is 0 Å². The molecule has 0 unspecified atom stereocenters. The molecular weight excluding hydrogens is 341 g/mol. The fourth-order valence-corrected chi connectivity index (χ4v) is 5.07. The lowest BCUT2D eigenvalue weighted by Crippen LogP contribution is -2.47. The molecule has 2 aromatic rings. The minimum absolute atomic E-state index is 0.138. The Bertz CT molecular complexity index is 866.